The van der Waals surface area contributed by atoms with E-state index in [9.17, 15) is 14.4 Å². The molecule has 3 rings (SSSR count). The lowest BCUT2D eigenvalue weighted by molar-refractivity contribution is -0.133. The number of urea groups is 1. The highest BCUT2D eigenvalue weighted by atomic mass is 16.2. The number of carbonyl (C=O) groups excluding carboxylic acids is 3. The normalized spacial score (nSPS) is 18.6. The van der Waals surface area contributed by atoms with Crippen LogP contribution in [-0.2, 0) is 16.0 Å². The minimum Gasteiger partial charge on any atom is -0.343 e. The van der Waals surface area contributed by atoms with E-state index < -0.39 is 0 Å². The molecule has 0 aromatic heterocycles. The SMILES string of the molecule is O=C(CCCCc1ccccc1)N1CCC(N2C(=O)CNC2=O)CC1. The zero-order valence-corrected chi connectivity index (χ0v) is 14.4. The third kappa shape index (κ3) is 4.38. The summed E-state index contributed by atoms with van der Waals surface area (Å²) in [7, 11) is 0. The fourth-order valence-corrected chi connectivity index (χ4v) is 3.59. The highest BCUT2D eigenvalue weighted by molar-refractivity contribution is 6.02. The second-order valence-electron chi connectivity index (χ2n) is 6.73. The van der Waals surface area contributed by atoms with E-state index in [1.165, 1.54) is 10.5 Å². The molecule has 0 atom stereocenters. The molecule has 0 aliphatic carbocycles. The number of aryl methyl sites for hydroxylation is 1. The van der Waals surface area contributed by atoms with Crippen molar-refractivity contribution < 1.29 is 14.4 Å². The van der Waals surface area contributed by atoms with Gasteiger partial charge in [0.25, 0.3) is 0 Å². The minimum atomic E-state index is -0.296. The van der Waals surface area contributed by atoms with E-state index in [2.05, 4.69) is 17.4 Å². The summed E-state index contributed by atoms with van der Waals surface area (Å²) < 4.78 is 0. The smallest absolute Gasteiger partial charge is 0.324 e. The Morgan fingerprint density at radius 2 is 1.80 bits per heavy atom. The summed E-state index contributed by atoms with van der Waals surface area (Å²) in [6.07, 6.45) is 4.82. The van der Waals surface area contributed by atoms with Crippen molar-refractivity contribution in [2.75, 3.05) is 19.6 Å². The number of imide groups is 1. The maximum atomic E-state index is 12.3. The molecule has 134 valence electrons. The number of benzene rings is 1. The Balaban J connectivity index is 1.37. The molecule has 2 aliphatic rings. The number of nitrogens with one attached hydrogen (secondary N) is 1. The molecule has 2 fully saturated rings. The summed E-state index contributed by atoms with van der Waals surface area (Å²) in [4.78, 5) is 39.0. The van der Waals surface area contributed by atoms with E-state index in [1.54, 1.807) is 0 Å². The number of rotatable bonds is 6. The number of amides is 4. The molecule has 25 heavy (non-hydrogen) atoms. The number of carbonyl (C=O) groups is 3. The molecule has 2 heterocycles. The highest BCUT2D eigenvalue weighted by Crippen LogP contribution is 2.20. The first kappa shape index (κ1) is 17.5. The van der Waals surface area contributed by atoms with E-state index in [0.717, 1.165) is 19.3 Å². The van der Waals surface area contributed by atoms with Gasteiger partial charge in [0.15, 0.2) is 0 Å². The van der Waals surface area contributed by atoms with Crippen molar-refractivity contribution in [1.82, 2.24) is 15.1 Å². The lowest BCUT2D eigenvalue weighted by Gasteiger charge is -2.35. The molecule has 0 radical (unpaired) electrons. The summed E-state index contributed by atoms with van der Waals surface area (Å²) >= 11 is 0. The predicted octanol–water partition coefficient (Wildman–Crippen LogP) is 1.94. The zero-order chi connectivity index (χ0) is 17.6. The number of unbranched alkanes of at least 4 members (excludes halogenated alkanes) is 1. The zero-order valence-electron chi connectivity index (χ0n) is 14.4. The van der Waals surface area contributed by atoms with E-state index in [-0.39, 0.29) is 30.4 Å². The summed E-state index contributed by atoms with van der Waals surface area (Å²) in [5.74, 6) is 0.0272. The number of hydrogen-bond acceptors (Lipinski definition) is 3. The Bertz CT molecular complexity index is 608. The number of hydrogen-bond donors (Lipinski definition) is 1. The second kappa shape index (κ2) is 8.14. The van der Waals surface area contributed by atoms with E-state index >= 15 is 0 Å². The standard InChI is InChI=1S/C19H25N3O3/c23-17(9-5-4-8-15-6-2-1-3-7-15)21-12-10-16(11-13-21)22-18(24)14-20-19(22)25/h1-3,6-7,16H,4-5,8-14H2,(H,20,25). The van der Waals surface area contributed by atoms with Gasteiger partial charge >= 0.3 is 6.03 Å². The molecule has 6 nitrogen and oxygen atoms in total. The summed E-state index contributed by atoms with van der Waals surface area (Å²) in [6, 6.07) is 9.94. The van der Waals surface area contributed by atoms with Crippen LogP contribution in [0.3, 0.4) is 0 Å². The Labute approximate surface area is 148 Å². The number of piperidine rings is 1. The van der Waals surface area contributed by atoms with Crippen LogP contribution >= 0.6 is 0 Å². The third-order valence-corrected chi connectivity index (χ3v) is 5.01. The van der Waals surface area contributed by atoms with Gasteiger partial charge in [-0.3, -0.25) is 14.5 Å². The average Bonchev–Trinajstić information content (AvgIpc) is 2.98. The van der Waals surface area contributed by atoms with E-state index in [4.69, 9.17) is 0 Å². The molecular formula is C19H25N3O3. The highest BCUT2D eigenvalue weighted by Gasteiger charge is 2.37. The quantitative estimate of drug-likeness (QED) is 0.634. The van der Waals surface area contributed by atoms with Crippen molar-refractivity contribution in [1.29, 1.82) is 0 Å². The Hall–Kier alpha value is -2.37. The molecule has 0 spiro atoms. The molecule has 2 aliphatic heterocycles. The first-order valence-electron chi connectivity index (χ1n) is 9.07. The van der Waals surface area contributed by atoms with Crippen LogP contribution in [0.25, 0.3) is 0 Å². The van der Waals surface area contributed by atoms with Crippen LogP contribution < -0.4 is 5.32 Å². The van der Waals surface area contributed by atoms with Crippen LogP contribution in [0, 0.1) is 0 Å². The lowest BCUT2D eigenvalue weighted by Crippen LogP contribution is -2.49. The van der Waals surface area contributed by atoms with Crippen molar-refractivity contribution >= 4 is 17.8 Å². The first-order chi connectivity index (χ1) is 12.1. The van der Waals surface area contributed by atoms with Crippen molar-refractivity contribution in [3.05, 3.63) is 35.9 Å². The molecule has 0 bridgehead atoms. The molecule has 0 unspecified atom stereocenters. The summed E-state index contributed by atoms with van der Waals surface area (Å²) in [5.41, 5.74) is 1.31. The first-order valence-corrected chi connectivity index (χ1v) is 9.07. The fourth-order valence-electron chi connectivity index (χ4n) is 3.59. The van der Waals surface area contributed by atoms with Gasteiger partial charge in [-0.15, -0.1) is 0 Å². The van der Waals surface area contributed by atoms with Gasteiger partial charge in [-0.1, -0.05) is 30.3 Å². The van der Waals surface area contributed by atoms with Gasteiger partial charge in [-0.25, -0.2) is 4.79 Å². The maximum absolute atomic E-state index is 12.3. The van der Waals surface area contributed by atoms with Gasteiger partial charge < -0.3 is 10.2 Å². The Morgan fingerprint density at radius 1 is 1.08 bits per heavy atom. The van der Waals surface area contributed by atoms with Gasteiger partial charge in [-0.05, 0) is 37.7 Å². The molecule has 2 saturated heterocycles. The minimum absolute atomic E-state index is 0.0721. The van der Waals surface area contributed by atoms with Crippen LogP contribution in [0.15, 0.2) is 30.3 Å². The lowest BCUT2D eigenvalue weighted by atomic mass is 10.0. The van der Waals surface area contributed by atoms with Crippen LogP contribution in [0.2, 0.25) is 0 Å². The van der Waals surface area contributed by atoms with Gasteiger partial charge in [0.1, 0.15) is 0 Å². The van der Waals surface area contributed by atoms with Gasteiger partial charge in [0.2, 0.25) is 11.8 Å². The van der Waals surface area contributed by atoms with Crippen molar-refractivity contribution in [3.63, 3.8) is 0 Å². The van der Waals surface area contributed by atoms with Crippen molar-refractivity contribution in [3.8, 4) is 0 Å². The van der Waals surface area contributed by atoms with Gasteiger partial charge in [-0.2, -0.15) is 0 Å². The predicted molar refractivity (Wildman–Crippen MR) is 93.8 cm³/mol. The number of likely N-dealkylation sites (tertiary alicyclic amines) is 1. The average molecular weight is 343 g/mol. The van der Waals surface area contributed by atoms with Crippen LogP contribution in [0.4, 0.5) is 4.79 Å². The maximum Gasteiger partial charge on any atom is 0.324 e. The molecule has 4 amide bonds. The van der Waals surface area contributed by atoms with E-state index in [0.29, 0.717) is 32.4 Å². The Kier molecular flexibility index (Phi) is 5.68. The monoisotopic (exact) mass is 343 g/mol. The van der Waals surface area contributed by atoms with Crippen LogP contribution in [0.5, 0.6) is 0 Å². The topological polar surface area (TPSA) is 69.7 Å². The van der Waals surface area contributed by atoms with Crippen LogP contribution in [-0.4, -0.2) is 53.3 Å². The molecule has 1 aromatic carbocycles. The van der Waals surface area contributed by atoms with Crippen molar-refractivity contribution in [2.45, 2.75) is 44.6 Å². The van der Waals surface area contributed by atoms with Gasteiger partial charge in [0, 0.05) is 25.6 Å². The fraction of sp³-hybridized carbons (Fsp3) is 0.526. The largest absolute Gasteiger partial charge is 0.343 e. The molecule has 6 heteroatoms. The number of nitrogens with zero attached hydrogens (tertiary/aromatic N) is 2. The summed E-state index contributed by atoms with van der Waals surface area (Å²) in [6.45, 7) is 1.35. The second-order valence-corrected chi connectivity index (χ2v) is 6.73. The molecule has 1 N–H and O–H groups in total. The van der Waals surface area contributed by atoms with Gasteiger partial charge in [0.05, 0.1) is 6.54 Å². The van der Waals surface area contributed by atoms with Crippen molar-refractivity contribution in [2.24, 2.45) is 0 Å². The summed E-state index contributed by atoms with van der Waals surface area (Å²) in [5, 5.41) is 2.56. The molecule has 1 aromatic rings. The van der Waals surface area contributed by atoms with E-state index in [1.807, 2.05) is 23.1 Å². The van der Waals surface area contributed by atoms with Crippen LogP contribution in [0.1, 0.15) is 37.7 Å². The Morgan fingerprint density at radius 3 is 2.44 bits per heavy atom. The third-order valence-electron chi connectivity index (χ3n) is 5.01. The molecular weight excluding hydrogens is 318 g/mol. The molecule has 0 saturated carbocycles.